The predicted molar refractivity (Wildman–Crippen MR) is 55.8 cm³/mol. The van der Waals surface area contributed by atoms with Crippen molar-refractivity contribution in [3.05, 3.63) is 0 Å². The van der Waals surface area contributed by atoms with E-state index >= 15 is 0 Å². The largest absolute Gasteiger partial charge is 0.393 e. The third kappa shape index (κ3) is 3.65. The number of nitrogens with zero attached hydrogens (tertiary/aromatic N) is 1. The number of aliphatic hydroxyl groups is 1. The van der Waals surface area contributed by atoms with Gasteiger partial charge in [-0.25, -0.2) is 0 Å². The molecule has 0 aromatic rings. The fourth-order valence-corrected chi connectivity index (χ4v) is 2.13. The second-order valence-corrected chi connectivity index (χ2v) is 4.31. The van der Waals surface area contributed by atoms with Gasteiger partial charge < -0.3 is 10.0 Å². The molecule has 0 bridgehead atoms. The number of rotatable bonds is 5. The van der Waals surface area contributed by atoms with Crippen LogP contribution in [0.4, 0.5) is 0 Å². The van der Waals surface area contributed by atoms with Crippen molar-refractivity contribution in [2.24, 2.45) is 0 Å². The highest BCUT2D eigenvalue weighted by atomic mass is 16.3. The Balaban J connectivity index is 2.12. The van der Waals surface area contributed by atoms with E-state index in [1.54, 1.807) is 0 Å². The van der Waals surface area contributed by atoms with E-state index in [0.29, 0.717) is 6.04 Å². The molecular weight excluding hydrogens is 162 g/mol. The lowest BCUT2D eigenvalue weighted by Crippen LogP contribution is -2.30. The van der Waals surface area contributed by atoms with Gasteiger partial charge in [0, 0.05) is 6.04 Å². The Labute approximate surface area is 81.9 Å². The molecule has 0 radical (unpaired) electrons. The van der Waals surface area contributed by atoms with Crippen LogP contribution in [0.2, 0.25) is 0 Å². The summed E-state index contributed by atoms with van der Waals surface area (Å²) in [5.74, 6) is 0. The van der Waals surface area contributed by atoms with Gasteiger partial charge in [0.05, 0.1) is 6.10 Å². The summed E-state index contributed by atoms with van der Waals surface area (Å²) in [6, 6.07) is 0.645. The van der Waals surface area contributed by atoms with Gasteiger partial charge in [0.25, 0.3) is 0 Å². The molecular formula is C11H23NO. The van der Waals surface area contributed by atoms with Gasteiger partial charge >= 0.3 is 0 Å². The maximum atomic E-state index is 9.39. The molecule has 0 amide bonds. The van der Waals surface area contributed by atoms with Crippen LogP contribution in [0.3, 0.4) is 0 Å². The van der Waals surface area contributed by atoms with E-state index in [1.165, 1.54) is 32.2 Å². The monoisotopic (exact) mass is 185 g/mol. The Kier molecular flexibility index (Phi) is 4.74. The highest BCUT2D eigenvalue weighted by molar-refractivity contribution is 4.80. The number of hydrogen-bond acceptors (Lipinski definition) is 2. The van der Waals surface area contributed by atoms with Crippen molar-refractivity contribution in [2.45, 2.75) is 57.6 Å². The van der Waals surface area contributed by atoms with Gasteiger partial charge in [-0.15, -0.1) is 0 Å². The fourth-order valence-electron chi connectivity index (χ4n) is 2.13. The molecule has 1 N–H and O–H groups in total. The smallest absolute Gasteiger partial charge is 0.0555 e. The van der Waals surface area contributed by atoms with Crippen LogP contribution in [0.25, 0.3) is 0 Å². The van der Waals surface area contributed by atoms with Crippen LogP contribution in [0.15, 0.2) is 0 Å². The summed E-state index contributed by atoms with van der Waals surface area (Å²) in [6.07, 6.45) is 7.08. The van der Waals surface area contributed by atoms with E-state index < -0.39 is 0 Å². The molecule has 0 aromatic heterocycles. The summed E-state index contributed by atoms with van der Waals surface area (Å²) in [7, 11) is 2.19. The van der Waals surface area contributed by atoms with Crippen molar-refractivity contribution in [1.29, 1.82) is 0 Å². The van der Waals surface area contributed by atoms with Gasteiger partial charge in [0.2, 0.25) is 0 Å². The lowest BCUT2D eigenvalue weighted by molar-refractivity contribution is 0.162. The Morgan fingerprint density at radius 3 is 2.62 bits per heavy atom. The minimum Gasteiger partial charge on any atom is -0.393 e. The molecule has 2 heteroatoms. The quantitative estimate of drug-likeness (QED) is 0.662. The molecule has 1 saturated carbocycles. The molecule has 2 atom stereocenters. The Morgan fingerprint density at radius 1 is 1.31 bits per heavy atom. The van der Waals surface area contributed by atoms with E-state index in [0.717, 1.165) is 12.8 Å². The molecule has 0 spiro atoms. The lowest BCUT2D eigenvalue weighted by Gasteiger charge is -2.23. The van der Waals surface area contributed by atoms with Crippen molar-refractivity contribution in [1.82, 2.24) is 4.90 Å². The van der Waals surface area contributed by atoms with E-state index in [-0.39, 0.29) is 6.10 Å². The van der Waals surface area contributed by atoms with Crippen molar-refractivity contribution in [3.63, 3.8) is 0 Å². The van der Waals surface area contributed by atoms with Gasteiger partial charge in [-0.1, -0.05) is 19.8 Å². The second kappa shape index (κ2) is 5.61. The Bertz CT molecular complexity index is 138. The highest BCUT2D eigenvalue weighted by Gasteiger charge is 2.25. The SMILES string of the molecule is CCCCCN(C)C1CCC(O)C1. The van der Waals surface area contributed by atoms with Crippen molar-refractivity contribution < 1.29 is 5.11 Å². The Hall–Kier alpha value is -0.0800. The minimum atomic E-state index is -0.0291. The maximum Gasteiger partial charge on any atom is 0.0555 e. The van der Waals surface area contributed by atoms with Crippen molar-refractivity contribution in [2.75, 3.05) is 13.6 Å². The molecule has 2 nitrogen and oxygen atoms in total. The standard InChI is InChI=1S/C11H23NO/c1-3-4-5-8-12(2)10-6-7-11(13)9-10/h10-11,13H,3-9H2,1-2H3. The average Bonchev–Trinajstić information content (AvgIpc) is 2.52. The van der Waals surface area contributed by atoms with Crippen LogP contribution in [-0.2, 0) is 0 Å². The van der Waals surface area contributed by atoms with Crippen LogP contribution in [0.5, 0.6) is 0 Å². The third-order valence-corrected chi connectivity index (χ3v) is 3.11. The Morgan fingerprint density at radius 2 is 2.08 bits per heavy atom. The van der Waals surface area contributed by atoms with E-state index in [1.807, 2.05) is 0 Å². The molecule has 13 heavy (non-hydrogen) atoms. The first-order chi connectivity index (χ1) is 6.24. The van der Waals surface area contributed by atoms with Gasteiger partial charge in [0.15, 0.2) is 0 Å². The number of unbranched alkanes of at least 4 members (excludes halogenated alkanes) is 2. The summed E-state index contributed by atoms with van der Waals surface area (Å²) < 4.78 is 0. The van der Waals surface area contributed by atoms with Gasteiger partial charge in [-0.05, 0) is 39.3 Å². The number of aliphatic hydroxyl groups excluding tert-OH is 1. The van der Waals surface area contributed by atoms with Crippen LogP contribution in [0, 0.1) is 0 Å². The zero-order chi connectivity index (χ0) is 9.68. The van der Waals surface area contributed by atoms with Gasteiger partial charge in [-0.2, -0.15) is 0 Å². The topological polar surface area (TPSA) is 23.5 Å². The molecule has 0 heterocycles. The van der Waals surface area contributed by atoms with Crippen molar-refractivity contribution >= 4 is 0 Å². The summed E-state index contributed by atoms with van der Waals surface area (Å²) >= 11 is 0. The second-order valence-electron chi connectivity index (χ2n) is 4.31. The molecule has 1 rings (SSSR count). The van der Waals surface area contributed by atoms with Crippen LogP contribution in [-0.4, -0.2) is 35.7 Å². The van der Waals surface area contributed by atoms with E-state index in [4.69, 9.17) is 0 Å². The molecule has 1 fully saturated rings. The molecule has 0 aliphatic heterocycles. The molecule has 78 valence electrons. The first-order valence-corrected chi connectivity index (χ1v) is 5.62. The lowest BCUT2D eigenvalue weighted by atomic mass is 10.2. The molecule has 1 aliphatic carbocycles. The summed E-state index contributed by atoms with van der Waals surface area (Å²) in [4.78, 5) is 2.42. The van der Waals surface area contributed by atoms with E-state index in [9.17, 15) is 5.11 Å². The zero-order valence-corrected chi connectivity index (χ0v) is 9.00. The minimum absolute atomic E-state index is 0.0291. The average molecular weight is 185 g/mol. The summed E-state index contributed by atoms with van der Waals surface area (Å²) in [5, 5.41) is 9.39. The predicted octanol–water partition coefficient (Wildman–Crippen LogP) is 2.02. The highest BCUT2D eigenvalue weighted by Crippen LogP contribution is 2.23. The van der Waals surface area contributed by atoms with Crippen molar-refractivity contribution in [3.8, 4) is 0 Å². The molecule has 0 saturated heterocycles. The van der Waals surface area contributed by atoms with Crippen LogP contribution in [0.1, 0.15) is 45.4 Å². The number of hydrogen-bond donors (Lipinski definition) is 1. The van der Waals surface area contributed by atoms with Crippen LogP contribution >= 0.6 is 0 Å². The molecule has 1 aliphatic rings. The molecule has 0 aromatic carbocycles. The fraction of sp³-hybridized carbons (Fsp3) is 1.00. The molecule has 2 unspecified atom stereocenters. The zero-order valence-electron chi connectivity index (χ0n) is 9.00. The first kappa shape index (κ1) is 11.0. The van der Waals surface area contributed by atoms with Gasteiger partial charge in [0.1, 0.15) is 0 Å². The van der Waals surface area contributed by atoms with Crippen LogP contribution < -0.4 is 0 Å². The van der Waals surface area contributed by atoms with E-state index in [2.05, 4.69) is 18.9 Å². The normalized spacial score (nSPS) is 28.6. The van der Waals surface area contributed by atoms with Gasteiger partial charge in [-0.3, -0.25) is 0 Å². The first-order valence-electron chi connectivity index (χ1n) is 5.62. The summed E-state index contributed by atoms with van der Waals surface area (Å²) in [5.41, 5.74) is 0. The summed E-state index contributed by atoms with van der Waals surface area (Å²) in [6.45, 7) is 3.44. The maximum absolute atomic E-state index is 9.39. The third-order valence-electron chi connectivity index (χ3n) is 3.11.